The molecule has 0 atom stereocenters. The molecule has 132 valence electrons. The van der Waals surface area contributed by atoms with Gasteiger partial charge in [-0.05, 0) is 42.0 Å². The third-order valence-electron chi connectivity index (χ3n) is 3.94. The van der Waals surface area contributed by atoms with E-state index in [0.29, 0.717) is 23.5 Å². The van der Waals surface area contributed by atoms with Crippen molar-refractivity contribution >= 4 is 17.4 Å². The van der Waals surface area contributed by atoms with Crippen LogP contribution in [-0.2, 0) is 11.3 Å². The van der Waals surface area contributed by atoms with Gasteiger partial charge in [-0.3, -0.25) is 9.59 Å². The lowest BCUT2D eigenvalue weighted by molar-refractivity contribution is -0.115. The maximum absolute atomic E-state index is 12.4. The molecular formula is C19H19N5O2. The molecule has 0 aliphatic heterocycles. The molecule has 1 heterocycles. The average molecular weight is 349 g/mol. The normalized spacial score (nSPS) is 10.5. The molecular weight excluding hydrogens is 330 g/mol. The molecule has 0 aliphatic rings. The van der Waals surface area contributed by atoms with Crippen molar-refractivity contribution in [3.8, 4) is 11.4 Å². The standard InChI is InChI=1S/C19H19N5O2/c1-3-18(26)20-15-10-8-14(9-11-15)17(25)12-24-22-19(21-23-24)16-7-5-4-6-13(16)2/h4-11H,3,12H2,1-2H3,(H,20,26). The highest BCUT2D eigenvalue weighted by Gasteiger charge is 2.12. The van der Waals surface area contributed by atoms with E-state index in [-0.39, 0.29) is 18.2 Å². The fourth-order valence-corrected chi connectivity index (χ4v) is 2.45. The highest BCUT2D eigenvalue weighted by atomic mass is 16.1. The van der Waals surface area contributed by atoms with Gasteiger partial charge in [-0.25, -0.2) is 0 Å². The van der Waals surface area contributed by atoms with E-state index in [0.717, 1.165) is 11.1 Å². The van der Waals surface area contributed by atoms with Crippen LogP contribution in [0.4, 0.5) is 5.69 Å². The molecule has 0 spiro atoms. The Morgan fingerprint density at radius 1 is 1.08 bits per heavy atom. The lowest BCUT2D eigenvalue weighted by Crippen LogP contribution is -2.14. The lowest BCUT2D eigenvalue weighted by atomic mass is 10.1. The molecule has 2 aromatic carbocycles. The van der Waals surface area contributed by atoms with Gasteiger partial charge >= 0.3 is 0 Å². The number of amides is 1. The number of nitrogens with one attached hydrogen (secondary N) is 1. The van der Waals surface area contributed by atoms with Crippen LogP contribution in [0, 0.1) is 6.92 Å². The van der Waals surface area contributed by atoms with Crippen molar-refractivity contribution < 1.29 is 9.59 Å². The number of hydrogen-bond acceptors (Lipinski definition) is 5. The van der Waals surface area contributed by atoms with Crippen molar-refractivity contribution in [2.24, 2.45) is 0 Å². The van der Waals surface area contributed by atoms with Crippen LogP contribution in [0.15, 0.2) is 48.5 Å². The Bertz CT molecular complexity index is 931. The van der Waals surface area contributed by atoms with Crippen LogP contribution in [0.3, 0.4) is 0 Å². The van der Waals surface area contributed by atoms with Crippen molar-refractivity contribution in [3.63, 3.8) is 0 Å². The molecule has 26 heavy (non-hydrogen) atoms. The number of benzene rings is 2. The summed E-state index contributed by atoms with van der Waals surface area (Å²) >= 11 is 0. The van der Waals surface area contributed by atoms with Crippen LogP contribution in [0.2, 0.25) is 0 Å². The second-order valence-corrected chi connectivity index (χ2v) is 5.86. The van der Waals surface area contributed by atoms with Crippen LogP contribution < -0.4 is 5.32 Å². The Morgan fingerprint density at radius 2 is 1.81 bits per heavy atom. The van der Waals surface area contributed by atoms with Crippen LogP contribution in [0.1, 0.15) is 29.3 Å². The molecule has 0 saturated heterocycles. The quantitative estimate of drug-likeness (QED) is 0.691. The Hall–Kier alpha value is -3.35. The molecule has 0 aliphatic carbocycles. The fourth-order valence-electron chi connectivity index (χ4n) is 2.45. The first-order valence-corrected chi connectivity index (χ1v) is 8.33. The third kappa shape index (κ3) is 4.00. The van der Waals surface area contributed by atoms with Crippen molar-refractivity contribution in [1.82, 2.24) is 20.2 Å². The van der Waals surface area contributed by atoms with Gasteiger partial charge in [0, 0.05) is 23.2 Å². The summed E-state index contributed by atoms with van der Waals surface area (Å²) in [6, 6.07) is 14.5. The minimum Gasteiger partial charge on any atom is -0.326 e. The van der Waals surface area contributed by atoms with Gasteiger partial charge in [0.25, 0.3) is 0 Å². The van der Waals surface area contributed by atoms with E-state index < -0.39 is 0 Å². The SMILES string of the molecule is CCC(=O)Nc1ccc(C(=O)Cn2nnc(-c3ccccc3C)n2)cc1. The molecule has 3 rings (SSSR count). The summed E-state index contributed by atoms with van der Waals surface area (Å²) in [6.45, 7) is 3.75. The number of carbonyl (C=O) groups excluding carboxylic acids is 2. The average Bonchev–Trinajstić information content (AvgIpc) is 3.10. The molecule has 1 aromatic heterocycles. The van der Waals surface area contributed by atoms with Crippen LogP contribution in [0.25, 0.3) is 11.4 Å². The van der Waals surface area contributed by atoms with E-state index in [1.165, 1.54) is 4.80 Å². The van der Waals surface area contributed by atoms with Gasteiger partial charge < -0.3 is 5.32 Å². The second-order valence-electron chi connectivity index (χ2n) is 5.86. The summed E-state index contributed by atoms with van der Waals surface area (Å²) in [6.07, 6.45) is 0.405. The third-order valence-corrected chi connectivity index (χ3v) is 3.94. The largest absolute Gasteiger partial charge is 0.326 e. The van der Waals surface area contributed by atoms with Gasteiger partial charge in [-0.15, -0.1) is 10.2 Å². The molecule has 0 saturated carbocycles. The van der Waals surface area contributed by atoms with E-state index in [1.807, 2.05) is 31.2 Å². The van der Waals surface area contributed by atoms with E-state index in [2.05, 4.69) is 20.7 Å². The minimum absolute atomic E-state index is 0.000449. The van der Waals surface area contributed by atoms with E-state index >= 15 is 0 Å². The van der Waals surface area contributed by atoms with Gasteiger partial charge in [-0.1, -0.05) is 31.2 Å². The molecule has 7 nitrogen and oxygen atoms in total. The topological polar surface area (TPSA) is 89.8 Å². The lowest BCUT2D eigenvalue weighted by Gasteiger charge is -2.05. The summed E-state index contributed by atoms with van der Waals surface area (Å²) in [7, 11) is 0. The molecule has 0 bridgehead atoms. The van der Waals surface area contributed by atoms with Gasteiger partial charge in [0.1, 0.15) is 6.54 Å². The summed E-state index contributed by atoms with van der Waals surface area (Å²) in [4.78, 5) is 25.1. The number of ketones is 1. The highest BCUT2D eigenvalue weighted by molar-refractivity contribution is 5.97. The number of carbonyl (C=O) groups is 2. The number of anilines is 1. The van der Waals surface area contributed by atoms with Crippen molar-refractivity contribution in [3.05, 3.63) is 59.7 Å². The summed E-state index contributed by atoms with van der Waals surface area (Å²) < 4.78 is 0. The Balaban J connectivity index is 1.69. The minimum atomic E-state index is -0.132. The van der Waals surface area contributed by atoms with E-state index in [4.69, 9.17) is 0 Å². The zero-order valence-electron chi connectivity index (χ0n) is 14.6. The van der Waals surface area contributed by atoms with Gasteiger partial charge in [0.05, 0.1) is 0 Å². The Labute approximate surface area is 151 Å². The number of nitrogens with zero attached hydrogens (tertiary/aromatic N) is 4. The predicted molar refractivity (Wildman–Crippen MR) is 97.7 cm³/mol. The number of aromatic nitrogens is 4. The molecule has 1 amide bonds. The van der Waals surface area contributed by atoms with Crippen molar-refractivity contribution in [2.75, 3.05) is 5.32 Å². The highest BCUT2D eigenvalue weighted by Crippen LogP contribution is 2.18. The Kier molecular flexibility index (Phi) is 5.17. The number of tetrazole rings is 1. The smallest absolute Gasteiger partial charge is 0.224 e. The van der Waals surface area contributed by atoms with Crippen LogP contribution in [-0.4, -0.2) is 31.9 Å². The molecule has 7 heteroatoms. The van der Waals surface area contributed by atoms with Crippen LogP contribution >= 0.6 is 0 Å². The first-order chi connectivity index (χ1) is 12.6. The van der Waals surface area contributed by atoms with Crippen LogP contribution in [0.5, 0.6) is 0 Å². The first-order valence-electron chi connectivity index (χ1n) is 8.33. The van der Waals surface area contributed by atoms with Gasteiger partial charge in [-0.2, -0.15) is 4.80 Å². The Morgan fingerprint density at radius 3 is 2.50 bits per heavy atom. The maximum atomic E-state index is 12.4. The van der Waals surface area contributed by atoms with E-state index in [9.17, 15) is 9.59 Å². The van der Waals surface area contributed by atoms with Crippen molar-refractivity contribution in [1.29, 1.82) is 0 Å². The number of Topliss-reactive ketones (excluding diaryl/α,β-unsaturated/α-hetero) is 1. The molecule has 3 aromatic rings. The monoisotopic (exact) mass is 349 g/mol. The molecule has 0 fully saturated rings. The molecule has 0 radical (unpaired) electrons. The van der Waals surface area contributed by atoms with Gasteiger partial charge in [0.2, 0.25) is 11.7 Å². The van der Waals surface area contributed by atoms with Crippen molar-refractivity contribution in [2.45, 2.75) is 26.8 Å². The number of hydrogen-bond donors (Lipinski definition) is 1. The summed E-state index contributed by atoms with van der Waals surface area (Å²) in [5, 5.41) is 15.0. The van der Waals surface area contributed by atoms with Gasteiger partial charge in [0.15, 0.2) is 5.78 Å². The second kappa shape index (κ2) is 7.69. The summed E-state index contributed by atoms with van der Waals surface area (Å²) in [5.41, 5.74) is 3.12. The zero-order valence-corrected chi connectivity index (χ0v) is 14.6. The first kappa shape index (κ1) is 17.5. The fraction of sp³-hybridized carbons (Fsp3) is 0.211. The number of rotatable bonds is 6. The zero-order chi connectivity index (χ0) is 18.5. The molecule has 1 N–H and O–H groups in total. The van der Waals surface area contributed by atoms with E-state index in [1.54, 1.807) is 31.2 Å². The number of aryl methyl sites for hydroxylation is 1. The summed E-state index contributed by atoms with van der Waals surface area (Å²) in [5.74, 6) is 0.292. The maximum Gasteiger partial charge on any atom is 0.224 e. The molecule has 0 unspecified atom stereocenters. The predicted octanol–water partition coefficient (Wildman–Crippen LogP) is 2.88.